The summed E-state index contributed by atoms with van der Waals surface area (Å²) in [5.41, 5.74) is -0.316. The zero-order chi connectivity index (χ0) is 15.6. The number of carbonyl (C=O) groups is 1. The van der Waals surface area contributed by atoms with Gasteiger partial charge in [0, 0.05) is 19.2 Å². The van der Waals surface area contributed by atoms with Gasteiger partial charge in [-0.3, -0.25) is 14.9 Å². The van der Waals surface area contributed by atoms with E-state index in [4.69, 9.17) is 27.6 Å². The van der Waals surface area contributed by atoms with Gasteiger partial charge < -0.3 is 9.32 Å². The zero-order valence-corrected chi connectivity index (χ0v) is 12.4. The first-order valence-electron chi connectivity index (χ1n) is 5.81. The number of non-ortho nitro benzene ring substituents is 1. The Bertz CT molecular complexity index is 686. The van der Waals surface area contributed by atoms with Crippen LogP contribution < -0.4 is 0 Å². The summed E-state index contributed by atoms with van der Waals surface area (Å²) in [7, 11) is 1.54. The minimum absolute atomic E-state index is 0.0152. The highest BCUT2D eigenvalue weighted by atomic mass is 35.5. The van der Waals surface area contributed by atoms with E-state index < -0.39 is 10.8 Å². The summed E-state index contributed by atoms with van der Waals surface area (Å²) in [5, 5.41) is 10.8. The summed E-state index contributed by atoms with van der Waals surface area (Å²) >= 11 is 11.8. The van der Waals surface area contributed by atoms with Crippen LogP contribution in [-0.4, -0.2) is 22.8 Å². The van der Waals surface area contributed by atoms with Gasteiger partial charge in [0.15, 0.2) is 0 Å². The van der Waals surface area contributed by atoms with Crippen LogP contribution in [0.4, 0.5) is 5.69 Å². The number of hydrogen-bond acceptors (Lipinski definition) is 4. The van der Waals surface area contributed by atoms with E-state index in [2.05, 4.69) is 0 Å². The standard InChI is InChI=1S/C13H10Cl2N2O4/c1-16(7-9-3-2-4-21-9)13(18)10-5-8(17(19)20)6-11(14)12(10)15/h2-6H,7H2,1H3. The second-order valence-corrected chi connectivity index (χ2v) is 5.07. The topological polar surface area (TPSA) is 76.6 Å². The molecule has 1 aromatic heterocycles. The Morgan fingerprint density at radius 1 is 1.43 bits per heavy atom. The van der Waals surface area contributed by atoms with Crippen LogP contribution in [0.3, 0.4) is 0 Å². The van der Waals surface area contributed by atoms with Gasteiger partial charge in [0.1, 0.15) is 5.76 Å². The largest absolute Gasteiger partial charge is 0.467 e. The Morgan fingerprint density at radius 3 is 2.71 bits per heavy atom. The Morgan fingerprint density at radius 2 is 2.14 bits per heavy atom. The number of benzene rings is 1. The molecule has 0 fully saturated rings. The van der Waals surface area contributed by atoms with Crippen molar-refractivity contribution in [1.82, 2.24) is 4.90 Å². The van der Waals surface area contributed by atoms with E-state index in [0.717, 1.165) is 12.1 Å². The summed E-state index contributed by atoms with van der Waals surface area (Å²) in [5.74, 6) is 0.0977. The Labute approximate surface area is 130 Å². The quantitative estimate of drug-likeness (QED) is 0.632. The van der Waals surface area contributed by atoms with Crippen LogP contribution in [0.2, 0.25) is 10.0 Å². The molecule has 0 aliphatic heterocycles. The third-order valence-corrected chi connectivity index (χ3v) is 3.58. The molecule has 2 aromatic rings. The van der Waals surface area contributed by atoms with Crippen molar-refractivity contribution < 1.29 is 14.1 Å². The van der Waals surface area contributed by atoms with Gasteiger partial charge in [-0.05, 0) is 12.1 Å². The second-order valence-electron chi connectivity index (χ2n) is 4.29. The van der Waals surface area contributed by atoms with Crippen LogP contribution in [0.1, 0.15) is 16.1 Å². The molecule has 1 amide bonds. The number of carbonyl (C=O) groups excluding carboxylic acids is 1. The molecule has 0 saturated heterocycles. The number of rotatable bonds is 4. The molecule has 8 heteroatoms. The molecule has 1 aromatic carbocycles. The molecule has 0 aliphatic rings. The molecular formula is C13H10Cl2N2O4. The molecule has 110 valence electrons. The van der Waals surface area contributed by atoms with Crippen molar-refractivity contribution in [3.63, 3.8) is 0 Å². The van der Waals surface area contributed by atoms with Crippen LogP contribution in [0.15, 0.2) is 34.9 Å². The average Bonchev–Trinajstić information content (AvgIpc) is 2.93. The van der Waals surface area contributed by atoms with Gasteiger partial charge in [0.05, 0.1) is 33.3 Å². The molecule has 0 atom stereocenters. The molecule has 2 rings (SSSR count). The molecule has 0 spiro atoms. The maximum absolute atomic E-state index is 12.3. The average molecular weight is 329 g/mol. The number of nitro benzene ring substituents is 1. The van der Waals surface area contributed by atoms with Gasteiger partial charge in [-0.15, -0.1) is 0 Å². The summed E-state index contributed by atoms with van der Waals surface area (Å²) in [6.45, 7) is 0.211. The highest BCUT2D eigenvalue weighted by Crippen LogP contribution is 2.31. The highest BCUT2D eigenvalue weighted by Gasteiger charge is 2.22. The first-order chi connectivity index (χ1) is 9.90. The number of nitro groups is 1. The molecule has 6 nitrogen and oxygen atoms in total. The number of nitrogens with zero attached hydrogens (tertiary/aromatic N) is 2. The normalized spacial score (nSPS) is 10.4. The predicted octanol–water partition coefficient (Wildman–Crippen LogP) is 3.77. The fraction of sp³-hybridized carbons (Fsp3) is 0.154. The van der Waals surface area contributed by atoms with Crippen molar-refractivity contribution in [2.75, 3.05) is 7.05 Å². The summed E-state index contributed by atoms with van der Waals surface area (Å²) < 4.78 is 5.14. The first kappa shape index (κ1) is 15.3. The monoisotopic (exact) mass is 328 g/mol. The molecular weight excluding hydrogens is 319 g/mol. The summed E-state index contributed by atoms with van der Waals surface area (Å²) in [4.78, 5) is 23.9. The number of halogens is 2. The van der Waals surface area contributed by atoms with Crippen molar-refractivity contribution in [2.45, 2.75) is 6.54 Å². The van der Waals surface area contributed by atoms with Crippen LogP contribution in [-0.2, 0) is 6.54 Å². The number of amides is 1. The van der Waals surface area contributed by atoms with Gasteiger partial charge in [0.2, 0.25) is 0 Å². The van der Waals surface area contributed by atoms with Crippen LogP contribution >= 0.6 is 23.2 Å². The predicted molar refractivity (Wildman–Crippen MR) is 77.6 cm³/mol. The molecule has 1 heterocycles. The van der Waals surface area contributed by atoms with Crippen LogP contribution in [0.25, 0.3) is 0 Å². The summed E-state index contributed by atoms with van der Waals surface area (Å²) in [6, 6.07) is 5.62. The van der Waals surface area contributed by atoms with Gasteiger partial charge in [-0.2, -0.15) is 0 Å². The van der Waals surface area contributed by atoms with Crippen molar-refractivity contribution in [2.24, 2.45) is 0 Å². The first-order valence-corrected chi connectivity index (χ1v) is 6.57. The fourth-order valence-electron chi connectivity index (χ4n) is 1.75. The Kier molecular flexibility index (Phi) is 4.50. The van der Waals surface area contributed by atoms with E-state index in [1.165, 1.54) is 18.2 Å². The van der Waals surface area contributed by atoms with E-state index in [9.17, 15) is 14.9 Å². The molecule has 0 saturated carbocycles. The summed E-state index contributed by atoms with van der Waals surface area (Å²) in [6.07, 6.45) is 1.49. The number of furan rings is 1. The van der Waals surface area contributed by atoms with Gasteiger partial charge in [-0.25, -0.2) is 0 Å². The lowest BCUT2D eigenvalue weighted by Gasteiger charge is -2.16. The SMILES string of the molecule is CN(Cc1ccco1)C(=O)c1cc([N+](=O)[O-])cc(Cl)c1Cl. The minimum Gasteiger partial charge on any atom is -0.467 e. The van der Waals surface area contributed by atoms with E-state index in [1.807, 2.05) is 0 Å². The highest BCUT2D eigenvalue weighted by molar-refractivity contribution is 6.44. The molecule has 0 radical (unpaired) electrons. The molecule has 0 bridgehead atoms. The van der Waals surface area contributed by atoms with Gasteiger partial charge in [-0.1, -0.05) is 23.2 Å². The van der Waals surface area contributed by atoms with E-state index in [1.54, 1.807) is 12.1 Å². The fourth-order valence-corrected chi connectivity index (χ4v) is 2.15. The molecule has 0 N–H and O–H groups in total. The van der Waals surface area contributed by atoms with Crippen LogP contribution in [0, 0.1) is 10.1 Å². The van der Waals surface area contributed by atoms with E-state index in [-0.39, 0.29) is 27.8 Å². The lowest BCUT2D eigenvalue weighted by molar-refractivity contribution is -0.384. The smallest absolute Gasteiger partial charge is 0.271 e. The van der Waals surface area contributed by atoms with Crippen molar-refractivity contribution in [3.8, 4) is 0 Å². The maximum Gasteiger partial charge on any atom is 0.271 e. The lowest BCUT2D eigenvalue weighted by atomic mass is 10.1. The lowest BCUT2D eigenvalue weighted by Crippen LogP contribution is -2.26. The van der Waals surface area contributed by atoms with Crippen molar-refractivity contribution in [1.29, 1.82) is 0 Å². The van der Waals surface area contributed by atoms with Crippen molar-refractivity contribution in [3.05, 3.63) is 62.0 Å². The second kappa shape index (κ2) is 6.15. The third-order valence-electron chi connectivity index (χ3n) is 2.77. The maximum atomic E-state index is 12.3. The molecule has 0 unspecified atom stereocenters. The van der Waals surface area contributed by atoms with E-state index >= 15 is 0 Å². The van der Waals surface area contributed by atoms with E-state index in [0.29, 0.717) is 5.76 Å². The number of hydrogen-bond donors (Lipinski definition) is 0. The van der Waals surface area contributed by atoms with Crippen molar-refractivity contribution >= 4 is 34.8 Å². The minimum atomic E-state index is -0.633. The Hall–Kier alpha value is -2.05. The van der Waals surface area contributed by atoms with Gasteiger partial charge in [0.25, 0.3) is 11.6 Å². The van der Waals surface area contributed by atoms with Gasteiger partial charge >= 0.3 is 0 Å². The van der Waals surface area contributed by atoms with Crippen LogP contribution in [0.5, 0.6) is 0 Å². The zero-order valence-electron chi connectivity index (χ0n) is 10.9. The molecule has 0 aliphatic carbocycles. The third kappa shape index (κ3) is 3.34. The Balaban J connectivity index is 2.31. The molecule has 21 heavy (non-hydrogen) atoms.